The molecule has 0 bridgehead atoms. The second kappa shape index (κ2) is 9.68. The molecule has 2 atom stereocenters. The Kier molecular flexibility index (Phi) is 6.31. The molecular formula is C24H29N7O3. The molecule has 0 aromatic carbocycles. The molecule has 1 fully saturated rings. The molecule has 10 nitrogen and oxygen atoms in total. The largest absolute Gasteiger partial charge is 0.481 e. The standard InChI is InChI=1S/C24H27N7O3.H2/c1-3-7-34-8-6-31-20-9-16(15-4-5-21(33-2)26-11-15)12-27-22(20)30-23(24(31)32)28-14-17-13-25-18-10-19(18)29-17;/h4-5,9,11-13,18-19H,3,6-8,10,14H2,1-2H3,(H,27,28,30);1H. The third-order valence-corrected chi connectivity index (χ3v) is 5.80. The van der Waals surface area contributed by atoms with Crippen molar-refractivity contribution in [1.82, 2.24) is 19.5 Å². The van der Waals surface area contributed by atoms with E-state index < -0.39 is 0 Å². The maximum atomic E-state index is 13.4. The van der Waals surface area contributed by atoms with Crippen LogP contribution in [-0.2, 0) is 11.3 Å². The number of nitrogens with one attached hydrogen (secondary N) is 1. The van der Waals surface area contributed by atoms with Crippen LogP contribution in [0.3, 0.4) is 0 Å². The lowest BCUT2D eigenvalue weighted by Gasteiger charge is -2.14. The van der Waals surface area contributed by atoms with E-state index in [4.69, 9.17) is 9.47 Å². The first-order valence-corrected chi connectivity index (χ1v) is 11.5. The van der Waals surface area contributed by atoms with Crippen LogP contribution in [0.5, 0.6) is 5.88 Å². The number of anilines is 1. The van der Waals surface area contributed by atoms with Gasteiger partial charge in [-0.05, 0) is 25.0 Å². The Bertz CT molecular complexity index is 1310. The quantitative estimate of drug-likeness (QED) is 0.460. The summed E-state index contributed by atoms with van der Waals surface area (Å²) in [7, 11) is 1.58. The van der Waals surface area contributed by atoms with E-state index in [1.807, 2.05) is 12.1 Å². The minimum absolute atomic E-state index is 0. The molecule has 1 aliphatic heterocycles. The molecule has 0 amide bonds. The summed E-state index contributed by atoms with van der Waals surface area (Å²) in [5.41, 5.74) is 3.42. The summed E-state index contributed by atoms with van der Waals surface area (Å²) in [4.78, 5) is 35.8. The zero-order valence-electron chi connectivity index (χ0n) is 19.3. The van der Waals surface area contributed by atoms with Crippen LogP contribution in [0, 0.1) is 0 Å². The van der Waals surface area contributed by atoms with Crippen molar-refractivity contribution in [1.29, 1.82) is 0 Å². The van der Waals surface area contributed by atoms with Gasteiger partial charge in [0.15, 0.2) is 11.5 Å². The summed E-state index contributed by atoms with van der Waals surface area (Å²) in [5, 5.41) is 3.14. The van der Waals surface area contributed by atoms with Crippen LogP contribution in [0.1, 0.15) is 21.2 Å². The molecule has 10 heteroatoms. The Morgan fingerprint density at radius 1 is 1.18 bits per heavy atom. The van der Waals surface area contributed by atoms with E-state index in [1.54, 1.807) is 36.4 Å². The summed E-state index contributed by atoms with van der Waals surface area (Å²) < 4.78 is 12.5. The van der Waals surface area contributed by atoms with Gasteiger partial charge >= 0.3 is 0 Å². The van der Waals surface area contributed by atoms with Crippen LogP contribution in [0.15, 0.2) is 45.4 Å². The number of aliphatic imine (C=N–C) groups is 2. The average molecular weight is 464 g/mol. The molecule has 3 aromatic rings. The second-order valence-electron chi connectivity index (χ2n) is 8.31. The normalized spacial score (nSPS) is 18.5. The molecule has 34 heavy (non-hydrogen) atoms. The van der Waals surface area contributed by atoms with E-state index in [2.05, 4.69) is 37.2 Å². The number of hydrogen-bond donors (Lipinski definition) is 1. The first-order valence-electron chi connectivity index (χ1n) is 11.5. The van der Waals surface area contributed by atoms with Crippen molar-refractivity contribution in [2.75, 3.05) is 32.2 Å². The summed E-state index contributed by atoms with van der Waals surface area (Å²) in [6.07, 6.45) is 7.16. The summed E-state index contributed by atoms with van der Waals surface area (Å²) >= 11 is 0. The third kappa shape index (κ3) is 4.67. The number of methoxy groups -OCH3 is 1. The highest BCUT2D eigenvalue weighted by molar-refractivity contribution is 6.32. The van der Waals surface area contributed by atoms with E-state index in [-0.39, 0.29) is 12.8 Å². The smallest absolute Gasteiger partial charge is 0.293 e. The monoisotopic (exact) mass is 463 g/mol. The molecule has 0 saturated heterocycles. The van der Waals surface area contributed by atoms with Crippen molar-refractivity contribution in [2.45, 2.75) is 38.4 Å². The van der Waals surface area contributed by atoms with Gasteiger partial charge < -0.3 is 14.8 Å². The third-order valence-electron chi connectivity index (χ3n) is 5.80. The van der Waals surface area contributed by atoms with E-state index in [9.17, 15) is 4.79 Å². The second-order valence-corrected chi connectivity index (χ2v) is 8.31. The molecule has 4 heterocycles. The molecule has 0 radical (unpaired) electrons. The average Bonchev–Trinajstić information content (AvgIpc) is 3.65. The van der Waals surface area contributed by atoms with Crippen molar-refractivity contribution < 1.29 is 10.9 Å². The highest BCUT2D eigenvalue weighted by atomic mass is 16.5. The molecule has 178 valence electrons. The van der Waals surface area contributed by atoms with Gasteiger partial charge in [0, 0.05) is 50.4 Å². The summed E-state index contributed by atoms with van der Waals surface area (Å²) in [6, 6.07) is 6.25. The Labute approximate surface area is 198 Å². The van der Waals surface area contributed by atoms with Crippen molar-refractivity contribution in [3.05, 3.63) is 40.9 Å². The lowest BCUT2D eigenvalue weighted by Crippen LogP contribution is -2.29. The molecule has 1 saturated carbocycles. The van der Waals surface area contributed by atoms with Gasteiger partial charge in [0.2, 0.25) is 5.88 Å². The molecule has 1 N–H and O–H groups in total. The predicted octanol–water partition coefficient (Wildman–Crippen LogP) is 2.61. The number of nitrogens with zero attached hydrogens (tertiary/aromatic N) is 6. The zero-order chi connectivity index (χ0) is 23.5. The number of hydrogen-bond acceptors (Lipinski definition) is 9. The van der Waals surface area contributed by atoms with Gasteiger partial charge in [-0.3, -0.25) is 19.3 Å². The summed E-state index contributed by atoms with van der Waals surface area (Å²) in [6.45, 7) is 3.90. The van der Waals surface area contributed by atoms with Crippen LogP contribution in [0.4, 0.5) is 5.82 Å². The molecule has 0 spiro atoms. The Morgan fingerprint density at radius 3 is 2.82 bits per heavy atom. The molecule has 1 aliphatic carbocycles. The maximum Gasteiger partial charge on any atom is 0.293 e. The molecule has 3 aromatic heterocycles. The summed E-state index contributed by atoms with van der Waals surface area (Å²) in [5.74, 6) is 0.771. The van der Waals surface area contributed by atoms with Gasteiger partial charge in [0.25, 0.3) is 5.56 Å². The van der Waals surface area contributed by atoms with Gasteiger partial charge in [0.1, 0.15) is 0 Å². The Hall–Kier alpha value is -3.66. The highest BCUT2D eigenvalue weighted by Gasteiger charge is 2.38. The minimum Gasteiger partial charge on any atom is -0.481 e. The lowest BCUT2D eigenvalue weighted by molar-refractivity contribution is 0.127. The zero-order valence-corrected chi connectivity index (χ0v) is 19.3. The number of fused-ring (bicyclic) bond motifs is 2. The van der Waals surface area contributed by atoms with Crippen LogP contribution in [-0.4, -0.2) is 70.4 Å². The van der Waals surface area contributed by atoms with Crippen LogP contribution < -0.4 is 15.6 Å². The first-order chi connectivity index (χ1) is 16.7. The molecule has 2 unspecified atom stereocenters. The Balaban J connectivity index is 0.00000289. The predicted molar refractivity (Wildman–Crippen MR) is 133 cm³/mol. The van der Waals surface area contributed by atoms with E-state index in [1.165, 1.54) is 0 Å². The minimum atomic E-state index is -0.225. The van der Waals surface area contributed by atoms with E-state index >= 15 is 0 Å². The van der Waals surface area contributed by atoms with Gasteiger partial charge in [0.05, 0.1) is 43.6 Å². The van der Waals surface area contributed by atoms with Crippen LogP contribution in [0.25, 0.3) is 22.3 Å². The van der Waals surface area contributed by atoms with E-state index in [0.29, 0.717) is 55.4 Å². The van der Waals surface area contributed by atoms with Crippen molar-refractivity contribution in [2.24, 2.45) is 9.98 Å². The van der Waals surface area contributed by atoms with Crippen LogP contribution >= 0.6 is 0 Å². The van der Waals surface area contributed by atoms with Crippen LogP contribution in [0.2, 0.25) is 0 Å². The van der Waals surface area contributed by atoms with E-state index in [0.717, 1.165) is 29.7 Å². The lowest BCUT2D eigenvalue weighted by atomic mass is 10.1. The van der Waals surface area contributed by atoms with Gasteiger partial charge in [-0.15, -0.1) is 0 Å². The highest BCUT2D eigenvalue weighted by Crippen LogP contribution is 2.31. The molecule has 2 aliphatic rings. The fraction of sp³-hybridized carbons (Fsp3) is 0.417. The number of rotatable bonds is 10. The molecule has 5 rings (SSSR count). The van der Waals surface area contributed by atoms with Crippen molar-refractivity contribution in [3.8, 4) is 17.0 Å². The number of pyridine rings is 2. The SMILES string of the molecule is CCCOCCn1c(=O)c(NCC2=NC3CC3N=C2)nc2ncc(-c3ccc(OC)nc3)cc21.[HH]. The topological polar surface area (TPSA) is 116 Å². The molecular weight excluding hydrogens is 434 g/mol. The fourth-order valence-electron chi connectivity index (χ4n) is 3.85. The van der Waals surface area contributed by atoms with Gasteiger partial charge in [-0.1, -0.05) is 6.92 Å². The van der Waals surface area contributed by atoms with Gasteiger partial charge in [-0.25, -0.2) is 15.0 Å². The van der Waals surface area contributed by atoms with Crippen molar-refractivity contribution in [3.63, 3.8) is 0 Å². The Morgan fingerprint density at radius 2 is 2.06 bits per heavy atom. The fourth-order valence-corrected chi connectivity index (χ4v) is 3.85. The first kappa shape index (κ1) is 22.1. The van der Waals surface area contributed by atoms with Gasteiger partial charge in [-0.2, -0.15) is 0 Å². The number of ether oxygens (including phenoxy) is 2. The van der Waals surface area contributed by atoms with Crippen molar-refractivity contribution >= 4 is 28.9 Å². The number of aromatic nitrogens is 4. The maximum absolute atomic E-state index is 13.4.